The van der Waals surface area contributed by atoms with Gasteiger partial charge in [0.2, 0.25) is 0 Å². The third-order valence-electron chi connectivity index (χ3n) is 6.18. The summed E-state index contributed by atoms with van der Waals surface area (Å²) in [6.07, 6.45) is 6.63. The van der Waals surface area contributed by atoms with Crippen molar-refractivity contribution in [2.75, 3.05) is 11.9 Å². The number of anilines is 1. The fourth-order valence-corrected chi connectivity index (χ4v) is 4.52. The number of aromatic hydroxyl groups is 1. The Morgan fingerprint density at radius 2 is 2.07 bits per heavy atom. The molecular formula is C21H24FN7O. The molecule has 0 amide bonds. The smallest absolute Gasteiger partial charge is 0.181 e. The standard InChI is InChI=1S/C21H24FN7O/c1-28-11-25-21(27-28)12-3-5-14(18(30)7-12)16-9-24-19(10-23-16)29(2)17-8-13-4-6-15(26-13)20(17)22/h3,5,7,9-11,13,15,17,20,26,30H,4,6,8H2,1-2H3/t13?,15?,17-,20+/m0/s1. The SMILES string of the molecule is CN(c1cnc(-c2ccc(-c3ncn(C)n3)cc2O)cn1)[C@H]1CC2CCC(N2)[C@H]1F. The van der Waals surface area contributed by atoms with Crippen LogP contribution in [0.2, 0.25) is 0 Å². The average Bonchev–Trinajstić information content (AvgIpc) is 3.37. The lowest BCUT2D eigenvalue weighted by Gasteiger charge is -2.38. The van der Waals surface area contributed by atoms with Gasteiger partial charge in [-0.3, -0.25) is 9.67 Å². The van der Waals surface area contributed by atoms with Crippen molar-refractivity contribution in [3.05, 3.63) is 36.9 Å². The molecule has 9 heteroatoms. The molecular weight excluding hydrogens is 385 g/mol. The summed E-state index contributed by atoms with van der Waals surface area (Å²) < 4.78 is 16.5. The maximum absolute atomic E-state index is 14.9. The van der Waals surface area contributed by atoms with Gasteiger partial charge in [0.15, 0.2) is 5.82 Å². The van der Waals surface area contributed by atoms with E-state index in [4.69, 9.17) is 0 Å². The van der Waals surface area contributed by atoms with Gasteiger partial charge in [-0.15, -0.1) is 0 Å². The van der Waals surface area contributed by atoms with E-state index >= 15 is 0 Å². The van der Waals surface area contributed by atoms with Crippen LogP contribution in [0.1, 0.15) is 19.3 Å². The molecule has 2 unspecified atom stereocenters. The number of piperidine rings is 1. The zero-order valence-corrected chi connectivity index (χ0v) is 16.9. The number of aryl methyl sites for hydroxylation is 1. The molecule has 3 aromatic rings. The van der Waals surface area contributed by atoms with E-state index in [1.54, 1.807) is 42.6 Å². The highest BCUT2D eigenvalue weighted by molar-refractivity contribution is 5.71. The molecule has 0 radical (unpaired) electrons. The second-order valence-corrected chi connectivity index (χ2v) is 8.14. The van der Waals surface area contributed by atoms with E-state index in [2.05, 4.69) is 25.4 Å². The monoisotopic (exact) mass is 409 g/mol. The molecule has 2 aliphatic rings. The number of rotatable bonds is 4. The fraction of sp³-hybridized carbons (Fsp3) is 0.429. The van der Waals surface area contributed by atoms with Crippen molar-refractivity contribution < 1.29 is 9.50 Å². The molecule has 0 aliphatic carbocycles. The molecule has 2 bridgehead atoms. The number of nitrogens with one attached hydrogen (secondary N) is 1. The van der Waals surface area contributed by atoms with Gasteiger partial charge in [0.25, 0.3) is 0 Å². The van der Waals surface area contributed by atoms with Gasteiger partial charge in [-0.05, 0) is 31.4 Å². The summed E-state index contributed by atoms with van der Waals surface area (Å²) in [5.74, 6) is 1.25. The summed E-state index contributed by atoms with van der Waals surface area (Å²) in [7, 11) is 3.66. The number of phenolic OH excluding ortho intramolecular Hbond substituents is 1. The lowest BCUT2D eigenvalue weighted by Crippen LogP contribution is -2.55. The van der Waals surface area contributed by atoms with E-state index in [1.165, 1.54) is 0 Å². The zero-order chi connectivity index (χ0) is 20.8. The molecule has 4 heterocycles. The van der Waals surface area contributed by atoms with Crippen LogP contribution in [-0.2, 0) is 7.05 Å². The Labute approximate surface area is 173 Å². The molecule has 2 saturated heterocycles. The zero-order valence-electron chi connectivity index (χ0n) is 16.9. The normalized spacial score (nSPS) is 25.4. The van der Waals surface area contributed by atoms with Gasteiger partial charge in [0.1, 0.15) is 24.1 Å². The fourth-order valence-electron chi connectivity index (χ4n) is 4.52. The first-order valence-electron chi connectivity index (χ1n) is 10.1. The average molecular weight is 409 g/mol. The first-order chi connectivity index (χ1) is 14.5. The number of aromatic nitrogens is 5. The van der Waals surface area contributed by atoms with E-state index in [0.717, 1.165) is 24.8 Å². The van der Waals surface area contributed by atoms with Crippen LogP contribution in [0, 0.1) is 0 Å². The van der Waals surface area contributed by atoms with Crippen LogP contribution in [0.4, 0.5) is 10.2 Å². The van der Waals surface area contributed by atoms with E-state index in [1.807, 2.05) is 18.0 Å². The lowest BCUT2D eigenvalue weighted by molar-refractivity contribution is 0.176. The van der Waals surface area contributed by atoms with Crippen molar-refractivity contribution in [3.8, 4) is 28.4 Å². The molecule has 0 saturated carbocycles. The van der Waals surface area contributed by atoms with Crippen molar-refractivity contribution in [1.82, 2.24) is 30.0 Å². The molecule has 8 nitrogen and oxygen atoms in total. The Kier molecular flexibility index (Phi) is 4.62. The molecule has 1 aromatic carbocycles. The van der Waals surface area contributed by atoms with Gasteiger partial charge >= 0.3 is 0 Å². The van der Waals surface area contributed by atoms with Gasteiger partial charge in [0, 0.05) is 37.3 Å². The number of hydrogen-bond donors (Lipinski definition) is 2. The number of benzene rings is 1. The molecule has 2 aromatic heterocycles. The van der Waals surface area contributed by atoms with E-state index in [9.17, 15) is 9.50 Å². The maximum Gasteiger partial charge on any atom is 0.181 e. The van der Waals surface area contributed by atoms with Crippen LogP contribution >= 0.6 is 0 Å². The topological polar surface area (TPSA) is 92.0 Å². The first-order valence-corrected chi connectivity index (χ1v) is 10.1. The van der Waals surface area contributed by atoms with Crippen LogP contribution in [0.3, 0.4) is 0 Å². The second kappa shape index (κ2) is 7.32. The van der Waals surface area contributed by atoms with Crippen molar-refractivity contribution in [1.29, 1.82) is 0 Å². The Morgan fingerprint density at radius 1 is 1.20 bits per heavy atom. The highest BCUT2D eigenvalue weighted by Crippen LogP contribution is 2.34. The Hall–Kier alpha value is -3.07. The molecule has 0 spiro atoms. The number of fused-ring (bicyclic) bond motifs is 2. The minimum Gasteiger partial charge on any atom is -0.507 e. The molecule has 2 N–H and O–H groups in total. The van der Waals surface area contributed by atoms with Crippen molar-refractivity contribution >= 4 is 5.82 Å². The van der Waals surface area contributed by atoms with Gasteiger partial charge in [-0.2, -0.15) is 5.10 Å². The molecule has 4 atom stereocenters. The number of hydrogen-bond acceptors (Lipinski definition) is 7. The van der Waals surface area contributed by atoms with Crippen LogP contribution in [0.15, 0.2) is 36.9 Å². The maximum atomic E-state index is 14.9. The van der Waals surface area contributed by atoms with Crippen LogP contribution < -0.4 is 10.2 Å². The lowest BCUT2D eigenvalue weighted by atomic mass is 9.96. The second-order valence-electron chi connectivity index (χ2n) is 8.14. The molecule has 2 aliphatic heterocycles. The molecule has 30 heavy (non-hydrogen) atoms. The van der Waals surface area contributed by atoms with Crippen molar-refractivity contribution in [2.45, 2.75) is 43.6 Å². The van der Waals surface area contributed by atoms with E-state index in [-0.39, 0.29) is 17.8 Å². The molecule has 2 fully saturated rings. The summed E-state index contributed by atoms with van der Waals surface area (Å²) in [6.45, 7) is 0. The number of nitrogens with zero attached hydrogens (tertiary/aromatic N) is 6. The minimum atomic E-state index is -0.924. The minimum absolute atomic E-state index is 0.0625. The third kappa shape index (κ3) is 3.28. The first kappa shape index (κ1) is 18.9. The van der Waals surface area contributed by atoms with Crippen LogP contribution in [-0.4, -0.2) is 61.2 Å². The predicted molar refractivity (Wildman–Crippen MR) is 111 cm³/mol. The van der Waals surface area contributed by atoms with Gasteiger partial charge in [0.05, 0.1) is 24.1 Å². The molecule has 5 rings (SSSR count). The van der Waals surface area contributed by atoms with Gasteiger partial charge in [-0.25, -0.2) is 14.4 Å². The predicted octanol–water partition coefficient (Wildman–Crippen LogP) is 2.31. The number of phenols is 1. The summed E-state index contributed by atoms with van der Waals surface area (Å²) >= 11 is 0. The van der Waals surface area contributed by atoms with Crippen LogP contribution in [0.5, 0.6) is 5.75 Å². The summed E-state index contributed by atoms with van der Waals surface area (Å²) in [5, 5.41) is 18.1. The Balaban J connectivity index is 1.36. The highest BCUT2D eigenvalue weighted by Gasteiger charge is 2.43. The largest absolute Gasteiger partial charge is 0.507 e. The van der Waals surface area contributed by atoms with E-state index in [0.29, 0.717) is 28.9 Å². The van der Waals surface area contributed by atoms with Crippen LogP contribution in [0.25, 0.3) is 22.6 Å². The Morgan fingerprint density at radius 3 is 2.77 bits per heavy atom. The van der Waals surface area contributed by atoms with Crippen molar-refractivity contribution in [3.63, 3.8) is 0 Å². The quantitative estimate of drug-likeness (QED) is 0.683. The van der Waals surface area contributed by atoms with Gasteiger partial charge < -0.3 is 15.3 Å². The summed E-state index contributed by atoms with van der Waals surface area (Å²) in [6, 6.07) is 5.34. The summed E-state index contributed by atoms with van der Waals surface area (Å²) in [5.41, 5.74) is 1.84. The van der Waals surface area contributed by atoms with E-state index < -0.39 is 6.17 Å². The third-order valence-corrected chi connectivity index (χ3v) is 6.18. The summed E-state index contributed by atoms with van der Waals surface area (Å²) in [4.78, 5) is 15.1. The molecule has 156 valence electrons. The number of alkyl halides is 1. The van der Waals surface area contributed by atoms with Gasteiger partial charge in [-0.1, -0.05) is 6.07 Å². The Bertz CT molecular complexity index is 1050. The van der Waals surface area contributed by atoms with Crippen molar-refractivity contribution in [2.24, 2.45) is 7.05 Å². The number of halogens is 1. The highest BCUT2D eigenvalue weighted by atomic mass is 19.1.